The Kier molecular flexibility index (Phi) is 9.21. The highest BCUT2D eigenvalue weighted by molar-refractivity contribution is 5.94. The number of nitrogens with two attached hydrogens (primary N) is 1. The number of benzene rings is 1. The van der Waals surface area contributed by atoms with Crippen molar-refractivity contribution in [2.24, 2.45) is 11.7 Å². The van der Waals surface area contributed by atoms with Gasteiger partial charge in [0.25, 0.3) is 5.91 Å². The van der Waals surface area contributed by atoms with Gasteiger partial charge < -0.3 is 21.5 Å². The van der Waals surface area contributed by atoms with Gasteiger partial charge in [0.1, 0.15) is 5.75 Å². The van der Waals surface area contributed by atoms with Crippen LogP contribution in [0.1, 0.15) is 30.6 Å². The van der Waals surface area contributed by atoms with Crippen LogP contribution in [-0.2, 0) is 4.79 Å². The second kappa shape index (κ2) is 10.0. The van der Waals surface area contributed by atoms with Crippen molar-refractivity contribution < 1.29 is 14.7 Å². The van der Waals surface area contributed by atoms with Gasteiger partial charge in [-0.1, -0.05) is 19.9 Å². The van der Waals surface area contributed by atoms with Crippen molar-refractivity contribution in [1.29, 1.82) is 0 Å². The summed E-state index contributed by atoms with van der Waals surface area (Å²) in [5.74, 6) is -0.284. The summed E-state index contributed by atoms with van der Waals surface area (Å²) >= 11 is 0. The number of hydrogen-bond donors (Lipinski definition) is 4. The number of carbonyl (C=O) groups excluding carboxylic acids is 2. The summed E-state index contributed by atoms with van der Waals surface area (Å²) in [6.45, 7) is 4.67. The number of phenols is 1. The fraction of sp³-hybridized carbons (Fsp3) is 0.467. The monoisotopic (exact) mass is 329 g/mol. The SMILES string of the molecule is CC(C)[C@H](N)C(=O)NCCCNC(=O)c1cccc(O)c1.Cl. The lowest BCUT2D eigenvalue weighted by Crippen LogP contribution is -2.44. The van der Waals surface area contributed by atoms with Gasteiger partial charge in [-0.05, 0) is 30.5 Å². The molecule has 0 fully saturated rings. The molecule has 1 aromatic rings. The molecule has 22 heavy (non-hydrogen) atoms. The van der Waals surface area contributed by atoms with Crippen molar-refractivity contribution in [2.75, 3.05) is 13.1 Å². The van der Waals surface area contributed by atoms with Gasteiger partial charge in [-0.3, -0.25) is 9.59 Å². The molecule has 1 rings (SSSR count). The third-order valence-electron chi connectivity index (χ3n) is 3.07. The number of nitrogens with one attached hydrogen (secondary N) is 2. The zero-order valence-electron chi connectivity index (χ0n) is 12.8. The zero-order chi connectivity index (χ0) is 15.8. The van der Waals surface area contributed by atoms with Gasteiger partial charge >= 0.3 is 0 Å². The van der Waals surface area contributed by atoms with E-state index in [0.29, 0.717) is 25.1 Å². The minimum Gasteiger partial charge on any atom is -0.508 e. The predicted octanol–water partition coefficient (Wildman–Crippen LogP) is 1.03. The summed E-state index contributed by atoms with van der Waals surface area (Å²) in [7, 11) is 0. The summed E-state index contributed by atoms with van der Waals surface area (Å²) in [5.41, 5.74) is 6.11. The Morgan fingerprint density at radius 1 is 1.23 bits per heavy atom. The van der Waals surface area contributed by atoms with E-state index in [-0.39, 0.29) is 35.9 Å². The topological polar surface area (TPSA) is 104 Å². The molecule has 5 N–H and O–H groups in total. The molecule has 1 atom stereocenters. The summed E-state index contributed by atoms with van der Waals surface area (Å²) in [6.07, 6.45) is 0.612. The van der Waals surface area contributed by atoms with E-state index in [1.807, 2.05) is 13.8 Å². The number of amides is 2. The van der Waals surface area contributed by atoms with E-state index >= 15 is 0 Å². The molecule has 0 aromatic heterocycles. The average Bonchev–Trinajstić information content (AvgIpc) is 2.45. The fourth-order valence-corrected chi connectivity index (χ4v) is 1.67. The predicted molar refractivity (Wildman–Crippen MR) is 88.1 cm³/mol. The van der Waals surface area contributed by atoms with E-state index in [4.69, 9.17) is 5.73 Å². The Bertz CT molecular complexity index is 495. The van der Waals surface area contributed by atoms with E-state index in [1.165, 1.54) is 12.1 Å². The van der Waals surface area contributed by atoms with Crippen LogP contribution < -0.4 is 16.4 Å². The minimum atomic E-state index is -0.508. The number of phenolic OH excluding ortho intramolecular Hbond substituents is 1. The maximum Gasteiger partial charge on any atom is 0.251 e. The maximum absolute atomic E-state index is 11.8. The molecular weight excluding hydrogens is 306 g/mol. The Hall–Kier alpha value is -1.79. The summed E-state index contributed by atoms with van der Waals surface area (Å²) in [6, 6.07) is 5.63. The first-order valence-electron chi connectivity index (χ1n) is 7.02. The van der Waals surface area contributed by atoms with Gasteiger partial charge in [0.05, 0.1) is 6.04 Å². The van der Waals surface area contributed by atoms with E-state index in [9.17, 15) is 14.7 Å². The minimum absolute atomic E-state index is 0. The molecule has 124 valence electrons. The van der Waals surface area contributed by atoms with Crippen molar-refractivity contribution in [3.8, 4) is 5.75 Å². The van der Waals surface area contributed by atoms with Gasteiger partial charge in [-0.15, -0.1) is 12.4 Å². The second-order valence-electron chi connectivity index (χ2n) is 5.22. The van der Waals surface area contributed by atoms with Gasteiger partial charge in [0, 0.05) is 18.7 Å². The highest BCUT2D eigenvalue weighted by Gasteiger charge is 2.16. The Morgan fingerprint density at radius 3 is 2.45 bits per heavy atom. The Morgan fingerprint density at radius 2 is 1.86 bits per heavy atom. The van der Waals surface area contributed by atoms with E-state index < -0.39 is 6.04 Å². The highest BCUT2D eigenvalue weighted by Crippen LogP contribution is 2.10. The molecule has 0 unspecified atom stereocenters. The average molecular weight is 330 g/mol. The molecule has 0 heterocycles. The lowest BCUT2D eigenvalue weighted by molar-refractivity contribution is -0.123. The Labute approximate surface area is 136 Å². The molecule has 0 spiro atoms. The van der Waals surface area contributed by atoms with Gasteiger partial charge in [-0.2, -0.15) is 0 Å². The van der Waals surface area contributed by atoms with Crippen molar-refractivity contribution in [2.45, 2.75) is 26.3 Å². The quantitative estimate of drug-likeness (QED) is 0.561. The van der Waals surface area contributed by atoms with Gasteiger partial charge in [0.15, 0.2) is 0 Å². The molecule has 0 aliphatic heterocycles. The molecular formula is C15H24ClN3O3. The first kappa shape index (κ1) is 20.2. The van der Waals surface area contributed by atoms with E-state index in [0.717, 1.165) is 0 Å². The normalized spacial score (nSPS) is 11.5. The number of carbonyl (C=O) groups is 2. The van der Waals surface area contributed by atoms with Crippen molar-refractivity contribution in [3.05, 3.63) is 29.8 Å². The third-order valence-corrected chi connectivity index (χ3v) is 3.07. The van der Waals surface area contributed by atoms with Crippen molar-refractivity contribution in [1.82, 2.24) is 10.6 Å². The summed E-state index contributed by atoms with van der Waals surface area (Å²) in [5, 5.41) is 14.7. The number of halogens is 1. The molecule has 0 saturated heterocycles. The van der Waals surface area contributed by atoms with Crippen LogP contribution in [0, 0.1) is 5.92 Å². The number of aromatic hydroxyl groups is 1. The maximum atomic E-state index is 11.8. The van der Waals surface area contributed by atoms with Crippen molar-refractivity contribution in [3.63, 3.8) is 0 Å². The largest absolute Gasteiger partial charge is 0.508 e. The smallest absolute Gasteiger partial charge is 0.251 e. The van der Waals surface area contributed by atoms with Crippen LogP contribution >= 0.6 is 12.4 Å². The zero-order valence-corrected chi connectivity index (χ0v) is 13.7. The molecule has 0 aliphatic rings. The highest BCUT2D eigenvalue weighted by atomic mass is 35.5. The fourth-order valence-electron chi connectivity index (χ4n) is 1.67. The molecule has 1 aromatic carbocycles. The van der Waals surface area contributed by atoms with Crippen LogP contribution in [0.5, 0.6) is 5.75 Å². The van der Waals surface area contributed by atoms with E-state index in [2.05, 4.69) is 10.6 Å². The molecule has 7 heteroatoms. The third kappa shape index (κ3) is 6.78. The molecule has 6 nitrogen and oxygen atoms in total. The lowest BCUT2D eigenvalue weighted by atomic mass is 10.1. The standard InChI is InChI=1S/C15H23N3O3.ClH/c1-10(2)13(16)15(21)18-8-4-7-17-14(20)11-5-3-6-12(19)9-11;/h3,5-6,9-10,13,19H,4,7-8,16H2,1-2H3,(H,17,20)(H,18,21);1H/t13-;/m0./s1. The van der Waals surface area contributed by atoms with Crippen LogP contribution in [0.4, 0.5) is 0 Å². The second-order valence-corrected chi connectivity index (χ2v) is 5.22. The number of rotatable bonds is 7. The van der Waals surface area contributed by atoms with Crippen LogP contribution in [-0.4, -0.2) is 36.1 Å². The molecule has 0 saturated carbocycles. The van der Waals surface area contributed by atoms with Crippen molar-refractivity contribution >= 4 is 24.2 Å². The molecule has 0 aliphatic carbocycles. The molecule has 0 bridgehead atoms. The van der Waals surface area contributed by atoms with E-state index in [1.54, 1.807) is 12.1 Å². The summed E-state index contributed by atoms with van der Waals surface area (Å²) < 4.78 is 0. The van der Waals surface area contributed by atoms with Gasteiger partial charge in [0.2, 0.25) is 5.91 Å². The first-order valence-corrected chi connectivity index (χ1v) is 7.02. The Balaban J connectivity index is 0.00000441. The molecule has 2 amide bonds. The van der Waals surface area contributed by atoms with Crippen LogP contribution in [0.3, 0.4) is 0 Å². The summed E-state index contributed by atoms with van der Waals surface area (Å²) in [4.78, 5) is 23.4. The van der Waals surface area contributed by atoms with Crippen LogP contribution in [0.2, 0.25) is 0 Å². The lowest BCUT2D eigenvalue weighted by Gasteiger charge is -2.15. The first-order chi connectivity index (χ1) is 9.91. The van der Waals surface area contributed by atoms with Crippen LogP contribution in [0.25, 0.3) is 0 Å². The molecule has 0 radical (unpaired) electrons. The van der Waals surface area contributed by atoms with Crippen LogP contribution in [0.15, 0.2) is 24.3 Å². The number of hydrogen-bond acceptors (Lipinski definition) is 4. The van der Waals surface area contributed by atoms with Gasteiger partial charge in [-0.25, -0.2) is 0 Å².